The monoisotopic (exact) mass is 293 g/mol. The van der Waals surface area contributed by atoms with Crippen molar-refractivity contribution in [2.45, 2.75) is 13.0 Å². The van der Waals surface area contributed by atoms with Crippen LogP contribution >= 0.6 is 0 Å². The minimum absolute atomic E-state index is 0.0129. The Labute approximate surface area is 105 Å². The molecule has 0 radical (unpaired) electrons. The van der Waals surface area contributed by atoms with Gasteiger partial charge in [0.2, 0.25) is 0 Å². The van der Waals surface area contributed by atoms with Gasteiger partial charge in [-0.25, -0.2) is 0 Å². The molecule has 0 fully saturated rings. The number of benzene rings is 1. The summed E-state index contributed by atoms with van der Waals surface area (Å²) in [6, 6.07) is 8.20. The van der Waals surface area contributed by atoms with Crippen molar-refractivity contribution < 1.29 is 4.42 Å². The Morgan fingerprint density at radius 3 is 3.06 bits per heavy atom. The van der Waals surface area contributed by atoms with Crippen LogP contribution in [0.2, 0.25) is 0 Å². The van der Waals surface area contributed by atoms with Crippen LogP contribution in [0.5, 0.6) is 0 Å². The van der Waals surface area contributed by atoms with Gasteiger partial charge in [0, 0.05) is 0 Å². The van der Waals surface area contributed by atoms with Gasteiger partial charge in [0.1, 0.15) is 0 Å². The molecule has 1 aliphatic heterocycles. The van der Waals surface area contributed by atoms with Gasteiger partial charge in [-0.05, 0) is 0 Å². The van der Waals surface area contributed by atoms with E-state index in [1.165, 1.54) is 0 Å². The number of hydrogen-bond donors (Lipinski definition) is 1. The standard InChI is InChI=1S/C12H11N3OSe/c1-8(9-5-6-16-7-9)13-10-3-2-4-11-12(10)15-17-14-11/h2-8,13H,1H3. The van der Waals surface area contributed by atoms with Crippen LogP contribution in [0.4, 0.5) is 17.1 Å². The molecular weight excluding hydrogens is 281 g/mol. The Morgan fingerprint density at radius 1 is 1.29 bits per heavy atom. The molecule has 0 aliphatic carbocycles. The first-order chi connectivity index (χ1) is 8.34. The molecule has 17 heavy (non-hydrogen) atoms. The van der Waals surface area contributed by atoms with E-state index in [1.807, 2.05) is 24.3 Å². The van der Waals surface area contributed by atoms with Gasteiger partial charge in [0.15, 0.2) is 0 Å². The van der Waals surface area contributed by atoms with Gasteiger partial charge < -0.3 is 0 Å². The zero-order chi connectivity index (χ0) is 11.7. The zero-order valence-electron chi connectivity index (χ0n) is 9.25. The molecule has 2 heterocycles. The van der Waals surface area contributed by atoms with Gasteiger partial charge in [0.05, 0.1) is 0 Å². The van der Waals surface area contributed by atoms with Crippen molar-refractivity contribution in [1.82, 2.24) is 0 Å². The molecule has 0 spiro atoms. The molecule has 5 heteroatoms. The fourth-order valence-corrected chi connectivity index (χ4v) is 2.91. The maximum atomic E-state index is 5.09. The number of nitrogens with zero attached hydrogens (tertiary/aromatic N) is 2. The normalized spacial score (nSPS) is 14.2. The maximum absolute atomic E-state index is 5.09. The summed E-state index contributed by atoms with van der Waals surface area (Å²) in [6.45, 7) is 2.10. The molecule has 3 rings (SSSR count). The number of furan rings is 1. The van der Waals surface area contributed by atoms with Gasteiger partial charge >= 0.3 is 105 Å². The molecule has 0 amide bonds. The predicted molar refractivity (Wildman–Crippen MR) is 67.1 cm³/mol. The van der Waals surface area contributed by atoms with Crippen LogP contribution in [-0.4, -0.2) is 14.6 Å². The number of nitrogens with one attached hydrogen (secondary N) is 1. The predicted octanol–water partition coefficient (Wildman–Crippen LogP) is 3.80. The second-order valence-electron chi connectivity index (χ2n) is 3.86. The molecule has 0 bridgehead atoms. The van der Waals surface area contributed by atoms with Crippen LogP contribution < -0.4 is 5.32 Å². The van der Waals surface area contributed by atoms with Gasteiger partial charge in [-0.1, -0.05) is 0 Å². The first-order valence-electron chi connectivity index (χ1n) is 5.34. The van der Waals surface area contributed by atoms with Crippen molar-refractivity contribution in [1.29, 1.82) is 0 Å². The number of rotatable bonds is 3. The molecule has 1 N–H and O–H groups in total. The van der Waals surface area contributed by atoms with Crippen molar-refractivity contribution in [2.24, 2.45) is 7.92 Å². The summed E-state index contributed by atoms with van der Waals surface area (Å²) in [6.07, 6.45) is 3.44. The summed E-state index contributed by atoms with van der Waals surface area (Å²) in [5.41, 5.74) is 4.15. The zero-order valence-corrected chi connectivity index (χ0v) is 11.0. The van der Waals surface area contributed by atoms with E-state index in [9.17, 15) is 0 Å². The molecule has 86 valence electrons. The van der Waals surface area contributed by atoms with Gasteiger partial charge in [-0.2, -0.15) is 0 Å². The van der Waals surface area contributed by atoms with Gasteiger partial charge in [-0.3, -0.25) is 0 Å². The summed E-state index contributed by atoms with van der Waals surface area (Å²) in [5, 5.41) is 3.44. The Morgan fingerprint density at radius 2 is 2.24 bits per heavy atom. The van der Waals surface area contributed by atoms with Crippen molar-refractivity contribution in [3.63, 3.8) is 0 Å². The van der Waals surface area contributed by atoms with Gasteiger partial charge in [0.25, 0.3) is 0 Å². The van der Waals surface area contributed by atoms with Crippen molar-refractivity contribution in [2.75, 3.05) is 5.32 Å². The topological polar surface area (TPSA) is 49.9 Å². The number of fused-ring (bicyclic) bond motifs is 1. The van der Waals surface area contributed by atoms with Crippen LogP contribution in [-0.2, 0) is 0 Å². The summed E-state index contributed by atoms with van der Waals surface area (Å²) in [7, 11) is 0. The molecule has 2 aromatic rings. The Balaban J connectivity index is 1.87. The molecule has 1 unspecified atom stereocenters. The Kier molecular flexibility index (Phi) is 2.71. The fraction of sp³-hybridized carbons (Fsp3) is 0.167. The quantitative estimate of drug-likeness (QED) is 0.746. The Hall–Kier alpha value is -1.58. The van der Waals surface area contributed by atoms with Crippen LogP contribution in [0, 0.1) is 0 Å². The molecule has 0 saturated heterocycles. The fourth-order valence-electron chi connectivity index (χ4n) is 1.76. The number of anilines is 1. The van der Waals surface area contributed by atoms with Gasteiger partial charge in [-0.15, -0.1) is 0 Å². The van der Waals surface area contributed by atoms with E-state index in [2.05, 4.69) is 20.2 Å². The van der Waals surface area contributed by atoms with E-state index in [4.69, 9.17) is 4.42 Å². The van der Waals surface area contributed by atoms with Crippen LogP contribution in [0.1, 0.15) is 18.5 Å². The summed E-state index contributed by atoms with van der Waals surface area (Å²) < 4.78 is 13.9. The molecular formula is C12H11N3OSe. The van der Waals surface area contributed by atoms with Crippen LogP contribution in [0.25, 0.3) is 0 Å². The summed E-state index contributed by atoms with van der Waals surface area (Å²) >= 11 is 0.0129. The van der Waals surface area contributed by atoms with E-state index < -0.39 is 0 Å². The van der Waals surface area contributed by atoms with Crippen molar-refractivity contribution in [3.8, 4) is 0 Å². The number of hydrogen-bond acceptors (Lipinski definition) is 4. The summed E-state index contributed by atoms with van der Waals surface area (Å²) in [4.78, 5) is 0. The molecule has 1 aromatic heterocycles. The van der Waals surface area contributed by atoms with E-state index in [1.54, 1.807) is 12.5 Å². The third-order valence-electron chi connectivity index (χ3n) is 2.70. The molecule has 4 nitrogen and oxygen atoms in total. The molecule has 1 aromatic carbocycles. The minimum atomic E-state index is 0.0129. The Bertz CT molecular complexity index is 600. The SMILES string of the molecule is CC(Nc1cccc2c1N=[Se]=N2)c1ccoc1. The van der Waals surface area contributed by atoms with Crippen LogP contribution in [0.3, 0.4) is 0 Å². The van der Waals surface area contributed by atoms with E-state index >= 15 is 0 Å². The first kappa shape index (κ1) is 10.6. The average molecular weight is 292 g/mol. The second-order valence-corrected chi connectivity index (χ2v) is 4.97. The summed E-state index contributed by atoms with van der Waals surface area (Å²) in [5.74, 6) is 0. The average Bonchev–Trinajstić information content (AvgIpc) is 3.00. The first-order valence-corrected chi connectivity index (χ1v) is 6.88. The molecule has 0 saturated carbocycles. The molecule has 1 atom stereocenters. The second kappa shape index (κ2) is 4.35. The van der Waals surface area contributed by atoms with Crippen LogP contribution in [0.15, 0.2) is 49.1 Å². The van der Waals surface area contributed by atoms with Crippen molar-refractivity contribution >= 4 is 31.6 Å². The van der Waals surface area contributed by atoms with E-state index in [0.29, 0.717) is 0 Å². The van der Waals surface area contributed by atoms with E-state index in [-0.39, 0.29) is 20.6 Å². The van der Waals surface area contributed by atoms with Crippen molar-refractivity contribution in [3.05, 3.63) is 42.4 Å². The third-order valence-corrected chi connectivity index (χ3v) is 3.84. The van der Waals surface area contributed by atoms with E-state index in [0.717, 1.165) is 22.6 Å². The molecule has 1 aliphatic rings. The third kappa shape index (κ3) is 1.99.